The van der Waals surface area contributed by atoms with Crippen molar-refractivity contribution in [3.8, 4) is 11.4 Å². The van der Waals surface area contributed by atoms with Crippen molar-refractivity contribution >= 4 is 45.5 Å². The standard InChI is InChI=1S/C41H37N3O3/c1-3-4-12-31-13-8-10-17-36(31)42-41-43(26-25-29-19-22-33(46-2)23-20-29)40(45)39(47-41)28-30-21-24-38-35(27-30)34-16-9-11-18-37(34)44(38)32-14-6-5-7-15-32/h5-11,13-24,27-28H,3-4,12,25-26H2,1-2H3/b39-28+,42-41?. The number of aryl methyl sites for hydroxylation is 1. The fourth-order valence-electron chi connectivity index (χ4n) is 6.21. The summed E-state index contributed by atoms with van der Waals surface area (Å²) in [5.74, 6) is 0.861. The number of hydrogen-bond acceptors (Lipinski definition) is 4. The van der Waals surface area contributed by atoms with Crippen molar-refractivity contribution in [3.63, 3.8) is 0 Å². The van der Waals surface area contributed by atoms with Gasteiger partial charge in [-0.15, -0.1) is 0 Å². The molecule has 0 unspecified atom stereocenters. The molecule has 2 heterocycles. The van der Waals surface area contributed by atoms with Crippen LogP contribution in [-0.2, 0) is 22.4 Å². The molecule has 6 heteroatoms. The van der Waals surface area contributed by atoms with Gasteiger partial charge in [-0.2, -0.15) is 4.99 Å². The minimum atomic E-state index is -0.199. The van der Waals surface area contributed by atoms with Crippen molar-refractivity contribution in [1.82, 2.24) is 9.47 Å². The van der Waals surface area contributed by atoms with E-state index >= 15 is 0 Å². The first-order valence-corrected chi connectivity index (χ1v) is 16.2. The van der Waals surface area contributed by atoms with E-state index in [1.807, 2.05) is 60.7 Å². The highest BCUT2D eigenvalue weighted by Crippen LogP contribution is 2.34. The number of aliphatic imine (C=N–C) groups is 1. The van der Waals surface area contributed by atoms with E-state index in [1.165, 1.54) is 0 Å². The van der Waals surface area contributed by atoms with Gasteiger partial charge in [-0.1, -0.05) is 86.1 Å². The number of para-hydroxylation sites is 3. The third-order valence-electron chi connectivity index (χ3n) is 8.69. The maximum Gasteiger partial charge on any atom is 0.305 e. The molecule has 6 aromatic rings. The second-order valence-corrected chi connectivity index (χ2v) is 11.8. The van der Waals surface area contributed by atoms with E-state index in [9.17, 15) is 4.79 Å². The number of unbranched alkanes of at least 4 members (excludes halogenated alkanes) is 1. The van der Waals surface area contributed by atoms with Crippen molar-refractivity contribution in [1.29, 1.82) is 0 Å². The Morgan fingerprint density at radius 3 is 2.34 bits per heavy atom. The number of fused-ring (bicyclic) bond motifs is 3. The predicted molar refractivity (Wildman–Crippen MR) is 190 cm³/mol. The van der Waals surface area contributed by atoms with E-state index < -0.39 is 0 Å². The highest BCUT2D eigenvalue weighted by Gasteiger charge is 2.35. The normalized spacial score (nSPS) is 14.9. The van der Waals surface area contributed by atoms with Gasteiger partial charge in [0.05, 0.1) is 23.8 Å². The number of ether oxygens (including phenoxy) is 2. The van der Waals surface area contributed by atoms with Crippen LogP contribution in [0.25, 0.3) is 33.6 Å². The van der Waals surface area contributed by atoms with Gasteiger partial charge in [0, 0.05) is 23.0 Å². The molecule has 0 bridgehead atoms. The first-order chi connectivity index (χ1) is 23.1. The largest absolute Gasteiger partial charge is 0.497 e. The monoisotopic (exact) mass is 619 g/mol. The van der Waals surface area contributed by atoms with Gasteiger partial charge in [0.15, 0.2) is 5.76 Å². The number of hydrogen-bond donors (Lipinski definition) is 0. The molecule has 7 rings (SSSR count). The topological polar surface area (TPSA) is 56.1 Å². The number of amidine groups is 1. The van der Waals surface area contributed by atoms with E-state index in [0.717, 1.165) is 74.9 Å². The molecule has 1 aliphatic rings. The van der Waals surface area contributed by atoms with E-state index in [-0.39, 0.29) is 11.7 Å². The van der Waals surface area contributed by atoms with Crippen molar-refractivity contribution in [2.24, 2.45) is 4.99 Å². The SMILES string of the molecule is CCCCc1ccccc1N=C1O/C(=C/c2ccc3c(c2)c2ccccc2n3-c2ccccc2)C(=O)N1CCc1ccc(OC)cc1. The van der Waals surface area contributed by atoms with Crippen LogP contribution in [0.5, 0.6) is 5.75 Å². The summed E-state index contributed by atoms with van der Waals surface area (Å²) in [5.41, 5.74) is 7.29. The third-order valence-corrected chi connectivity index (χ3v) is 8.69. The molecule has 0 saturated carbocycles. The lowest BCUT2D eigenvalue weighted by atomic mass is 10.1. The minimum absolute atomic E-state index is 0.199. The van der Waals surface area contributed by atoms with Crippen molar-refractivity contribution < 1.29 is 14.3 Å². The number of benzene rings is 5. The molecule has 1 saturated heterocycles. The summed E-state index contributed by atoms with van der Waals surface area (Å²) in [6.07, 6.45) is 5.56. The van der Waals surface area contributed by atoms with Gasteiger partial charge in [-0.3, -0.25) is 9.69 Å². The van der Waals surface area contributed by atoms with Crippen LogP contribution in [0.1, 0.15) is 36.5 Å². The molecule has 1 amide bonds. The maximum absolute atomic E-state index is 14.0. The summed E-state index contributed by atoms with van der Waals surface area (Å²) < 4.78 is 13.9. The summed E-state index contributed by atoms with van der Waals surface area (Å²) in [7, 11) is 1.66. The highest BCUT2D eigenvalue weighted by atomic mass is 16.5. The Morgan fingerprint density at radius 2 is 1.53 bits per heavy atom. The molecule has 1 fully saturated rings. The predicted octanol–water partition coefficient (Wildman–Crippen LogP) is 9.27. The Hall–Kier alpha value is -5.62. The van der Waals surface area contributed by atoms with E-state index in [0.29, 0.717) is 19.0 Å². The van der Waals surface area contributed by atoms with Gasteiger partial charge in [-0.25, -0.2) is 0 Å². The molecule has 5 aromatic carbocycles. The lowest BCUT2D eigenvalue weighted by Crippen LogP contribution is -2.31. The van der Waals surface area contributed by atoms with E-state index in [2.05, 4.69) is 78.2 Å². The molecular weight excluding hydrogens is 582 g/mol. The molecule has 0 radical (unpaired) electrons. The van der Waals surface area contributed by atoms with Gasteiger partial charge in [-0.05, 0) is 90.6 Å². The number of carbonyl (C=O) groups excluding carboxylic acids is 1. The third kappa shape index (κ3) is 6.15. The molecule has 6 nitrogen and oxygen atoms in total. The summed E-state index contributed by atoms with van der Waals surface area (Å²) in [6, 6.07) is 41.4. The zero-order chi connectivity index (χ0) is 32.2. The van der Waals surface area contributed by atoms with Crippen LogP contribution in [0, 0.1) is 0 Å². The van der Waals surface area contributed by atoms with E-state index in [1.54, 1.807) is 12.0 Å². The lowest BCUT2D eigenvalue weighted by molar-refractivity contribution is -0.122. The average molecular weight is 620 g/mol. The van der Waals surface area contributed by atoms with Gasteiger partial charge in [0.25, 0.3) is 5.91 Å². The van der Waals surface area contributed by atoms with Crippen LogP contribution in [0.15, 0.2) is 132 Å². The van der Waals surface area contributed by atoms with Crippen LogP contribution in [0.4, 0.5) is 5.69 Å². The molecule has 0 spiro atoms. The van der Waals surface area contributed by atoms with Gasteiger partial charge in [0.2, 0.25) is 0 Å². The van der Waals surface area contributed by atoms with Gasteiger partial charge >= 0.3 is 6.02 Å². The van der Waals surface area contributed by atoms with Crippen molar-refractivity contribution in [3.05, 3.63) is 144 Å². The Kier molecular flexibility index (Phi) is 8.56. The highest BCUT2D eigenvalue weighted by molar-refractivity contribution is 6.13. The first kappa shape index (κ1) is 30.1. The average Bonchev–Trinajstić information content (AvgIpc) is 3.60. The summed E-state index contributed by atoms with van der Waals surface area (Å²) in [6.45, 7) is 2.62. The Balaban J connectivity index is 1.26. The first-order valence-electron chi connectivity index (χ1n) is 16.2. The second kappa shape index (κ2) is 13.4. The quantitative estimate of drug-likeness (QED) is 0.144. The number of carbonyl (C=O) groups is 1. The van der Waals surface area contributed by atoms with Crippen LogP contribution in [0.2, 0.25) is 0 Å². The van der Waals surface area contributed by atoms with Crippen LogP contribution >= 0.6 is 0 Å². The molecular formula is C41H37N3O3. The summed E-state index contributed by atoms with van der Waals surface area (Å²) in [5, 5.41) is 2.26. The minimum Gasteiger partial charge on any atom is -0.497 e. The number of amides is 1. The Morgan fingerprint density at radius 1 is 0.787 bits per heavy atom. The summed E-state index contributed by atoms with van der Waals surface area (Å²) in [4.78, 5) is 20.6. The molecule has 234 valence electrons. The van der Waals surface area contributed by atoms with Crippen LogP contribution in [-0.4, -0.2) is 35.1 Å². The van der Waals surface area contributed by atoms with Crippen molar-refractivity contribution in [2.45, 2.75) is 32.6 Å². The lowest BCUT2D eigenvalue weighted by Gasteiger charge is -2.14. The van der Waals surface area contributed by atoms with Gasteiger partial charge < -0.3 is 14.0 Å². The smallest absolute Gasteiger partial charge is 0.305 e. The Bertz CT molecular complexity index is 2110. The molecule has 1 aliphatic heterocycles. The molecule has 1 aromatic heterocycles. The molecule has 47 heavy (non-hydrogen) atoms. The Labute approximate surface area is 275 Å². The number of aromatic nitrogens is 1. The van der Waals surface area contributed by atoms with E-state index in [4.69, 9.17) is 14.5 Å². The summed E-state index contributed by atoms with van der Waals surface area (Å²) >= 11 is 0. The fourth-order valence-corrected chi connectivity index (χ4v) is 6.21. The molecule has 0 atom stereocenters. The second-order valence-electron chi connectivity index (χ2n) is 11.8. The number of methoxy groups -OCH3 is 1. The molecule has 0 N–H and O–H groups in total. The molecule has 0 aliphatic carbocycles. The van der Waals surface area contributed by atoms with Crippen LogP contribution < -0.4 is 4.74 Å². The van der Waals surface area contributed by atoms with Crippen LogP contribution in [0.3, 0.4) is 0 Å². The van der Waals surface area contributed by atoms with Crippen molar-refractivity contribution in [2.75, 3.05) is 13.7 Å². The number of nitrogens with zero attached hydrogens (tertiary/aromatic N) is 3. The fraction of sp³-hybridized carbons (Fsp3) is 0.171. The zero-order valence-electron chi connectivity index (χ0n) is 26.7. The number of rotatable bonds is 10. The van der Waals surface area contributed by atoms with Gasteiger partial charge in [0.1, 0.15) is 5.75 Å². The zero-order valence-corrected chi connectivity index (χ0v) is 26.7. The maximum atomic E-state index is 14.0.